The Morgan fingerprint density at radius 1 is 0.974 bits per heavy atom. The predicted octanol–water partition coefficient (Wildman–Crippen LogP) is 2.59. The van der Waals surface area contributed by atoms with Crippen LogP contribution in [0.15, 0.2) is 86.5 Å². The Morgan fingerprint density at radius 2 is 1.72 bits per heavy atom. The Morgan fingerprint density at radius 3 is 2.41 bits per heavy atom. The van der Waals surface area contributed by atoms with Gasteiger partial charge in [-0.3, -0.25) is 9.59 Å². The van der Waals surface area contributed by atoms with Gasteiger partial charge in [-0.05, 0) is 30.7 Å². The first kappa shape index (κ1) is 24.5. The van der Waals surface area contributed by atoms with Gasteiger partial charge in [-0.1, -0.05) is 24.3 Å². The Kier molecular flexibility index (Phi) is 5.56. The summed E-state index contributed by atoms with van der Waals surface area (Å²) in [6.45, 7) is 1.64. The van der Waals surface area contributed by atoms with E-state index >= 15 is 0 Å². The number of carbonyl (C=O) groups excluding carboxylic acids is 2. The highest BCUT2D eigenvalue weighted by Crippen LogP contribution is 2.54. The van der Waals surface area contributed by atoms with Crippen LogP contribution in [0.2, 0.25) is 0 Å². The molecule has 198 valence electrons. The number of rotatable bonds is 4. The van der Waals surface area contributed by atoms with Crippen LogP contribution in [0.25, 0.3) is 5.69 Å². The van der Waals surface area contributed by atoms with E-state index in [2.05, 4.69) is 0 Å². The number of hydrogen-bond acceptors (Lipinski definition) is 7. The second kappa shape index (κ2) is 8.87. The lowest BCUT2D eigenvalue weighted by atomic mass is 9.67. The van der Waals surface area contributed by atoms with Crippen molar-refractivity contribution in [2.24, 2.45) is 0 Å². The number of ketones is 2. The van der Waals surface area contributed by atoms with Crippen molar-refractivity contribution in [1.82, 2.24) is 13.9 Å². The normalized spacial score (nSPS) is 20.1. The Balaban J connectivity index is 1.63. The number of para-hydroxylation sites is 1. The van der Waals surface area contributed by atoms with Gasteiger partial charge in [0.25, 0.3) is 0 Å². The van der Waals surface area contributed by atoms with Crippen LogP contribution in [0.3, 0.4) is 0 Å². The predicted molar refractivity (Wildman–Crippen MR) is 141 cm³/mol. The summed E-state index contributed by atoms with van der Waals surface area (Å²) < 4.78 is 14.7. The Labute approximate surface area is 222 Å². The number of hydrogen-bond donors (Lipinski definition) is 1. The molecule has 10 heteroatoms. The molecule has 0 fully saturated rings. The molecule has 0 radical (unpaired) electrons. The van der Waals surface area contributed by atoms with Gasteiger partial charge >= 0.3 is 11.4 Å². The van der Waals surface area contributed by atoms with E-state index < -0.39 is 23.3 Å². The van der Waals surface area contributed by atoms with Crippen molar-refractivity contribution >= 4 is 11.6 Å². The third kappa shape index (κ3) is 3.48. The standard InChI is InChI=1S/C29H25N3O7/c1-15-11-21(33)24-19(27(15)35)14-20-18(25(24)26-22(34)12-17(38-2)13-23(26)39-3)9-10-30-28(36)31(29(37)32(20)30)16-7-5-4-6-8-16/h4-9,11-13,20,25,34H,10,14H2,1-3H3/t20-,25+/m1/s1. The van der Waals surface area contributed by atoms with Gasteiger partial charge in [0.2, 0.25) is 0 Å². The summed E-state index contributed by atoms with van der Waals surface area (Å²) in [4.78, 5) is 54.0. The second-order valence-electron chi connectivity index (χ2n) is 9.70. The zero-order chi connectivity index (χ0) is 27.6. The first-order valence-corrected chi connectivity index (χ1v) is 12.4. The van der Waals surface area contributed by atoms with Crippen LogP contribution in [0.5, 0.6) is 17.2 Å². The molecule has 3 aromatic rings. The third-order valence-corrected chi connectivity index (χ3v) is 7.68. The summed E-state index contributed by atoms with van der Waals surface area (Å²) in [6.07, 6.45) is 3.14. The van der Waals surface area contributed by atoms with Crippen molar-refractivity contribution in [1.29, 1.82) is 0 Å². The number of ether oxygens (including phenoxy) is 2. The number of benzene rings is 2. The lowest BCUT2D eigenvalue weighted by Crippen LogP contribution is -2.40. The number of phenols is 1. The summed E-state index contributed by atoms with van der Waals surface area (Å²) in [5.41, 5.74) is 1.03. The molecule has 1 N–H and O–H groups in total. The summed E-state index contributed by atoms with van der Waals surface area (Å²) in [5, 5.41) is 11.2. The molecule has 2 atom stereocenters. The molecule has 0 unspecified atom stereocenters. The molecular weight excluding hydrogens is 502 g/mol. The van der Waals surface area contributed by atoms with E-state index in [1.165, 1.54) is 35.7 Å². The molecule has 0 bridgehead atoms. The van der Waals surface area contributed by atoms with Crippen molar-refractivity contribution in [3.8, 4) is 22.9 Å². The number of aromatic hydroxyl groups is 1. The fourth-order valence-corrected chi connectivity index (χ4v) is 5.95. The molecule has 1 aliphatic heterocycles. The summed E-state index contributed by atoms with van der Waals surface area (Å²) in [7, 11) is 2.89. The van der Waals surface area contributed by atoms with Gasteiger partial charge in [0.05, 0.1) is 32.5 Å². The second-order valence-corrected chi connectivity index (χ2v) is 9.70. The Hall–Kier alpha value is -4.86. The molecule has 39 heavy (non-hydrogen) atoms. The van der Waals surface area contributed by atoms with Crippen LogP contribution in [0.4, 0.5) is 0 Å². The first-order valence-electron chi connectivity index (χ1n) is 12.4. The Bertz CT molecular complexity index is 1780. The van der Waals surface area contributed by atoms with Crippen molar-refractivity contribution in [2.45, 2.75) is 31.8 Å². The molecule has 0 amide bonds. The molecule has 2 aliphatic carbocycles. The van der Waals surface area contributed by atoms with E-state index in [9.17, 15) is 24.3 Å². The highest BCUT2D eigenvalue weighted by molar-refractivity contribution is 6.23. The molecule has 0 saturated carbocycles. The average molecular weight is 528 g/mol. The molecule has 10 nitrogen and oxygen atoms in total. The monoisotopic (exact) mass is 527 g/mol. The molecule has 1 aromatic heterocycles. The zero-order valence-corrected chi connectivity index (χ0v) is 21.5. The quantitative estimate of drug-likeness (QED) is 0.409. The minimum atomic E-state index is -0.892. The van der Waals surface area contributed by atoms with Crippen LogP contribution in [0, 0.1) is 0 Å². The molecular formula is C29H25N3O7. The van der Waals surface area contributed by atoms with Crippen LogP contribution in [0.1, 0.15) is 30.9 Å². The largest absolute Gasteiger partial charge is 0.507 e. The minimum absolute atomic E-state index is 0.0464. The maximum Gasteiger partial charge on any atom is 0.352 e. The van der Waals surface area contributed by atoms with E-state index in [-0.39, 0.29) is 52.7 Å². The zero-order valence-electron chi connectivity index (χ0n) is 21.5. The lowest BCUT2D eigenvalue weighted by Gasteiger charge is -2.40. The van der Waals surface area contributed by atoms with Gasteiger partial charge in [0.15, 0.2) is 11.6 Å². The van der Waals surface area contributed by atoms with Gasteiger partial charge in [-0.2, -0.15) is 0 Å². The molecule has 2 heterocycles. The van der Waals surface area contributed by atoms with Gasteiger partial charge < -0.3 is 14.6 Å². The number of aromatic nitrogens is 3. The van der Waals surface area contributed by atoms with Crippen molar-refractivity contribution in [2.75, 3.05) is 14.2 Å². The van der Waals surface area contributed by atoms with E-state index in [1.54, 1.807) is 49.4 Å². The molecule has 2 aromatic carbocycles. The maximum absolute atomic E-state index is 13.8. The van der Waals surface area contributed by atoms with Gasteiger partial charge in [0.1, 0.15) is 17.2 Å². The molecule has 0 spiro atoms. The SMILES string of the molecule is COc1cc(O)c([C@H]2C3=CCn4c(=O)n(-c5ccccc5)c(=O)n4[C@@H]3CC3=C2C(=O)C=C(C)C3=O)c(OC)c1. The summed E-state index contributed by atoms with van der Waals surface area (Å²) in [6, 6.07) is 10.9. The fourth-order valence-electron chi connectivity index (χ4n) is 5.95. The number of methoxy groups -OCH3 is 2. The maximum atomic E-state index is 13.8. The smallest absolute Gasteiger partial charge is 0.352 e. The number of phenolic OH excluding ortho intramolecular Hbond substituents is 1. The van der Waals surface area contributed by atoms with Crippen molar-refractivity contribution < 1.29 is 24.2 Å². The van der Waals surface area contributed by atoms with Crippen LogP contribution < -0.4 is 20.9 Å². The molecule has 6 rings (SSSR count). The number of fused-ring (bicyclic) bond motifs is 3. The van der Waals surface area contributed by atoms with E-state index in [0.29, 0.717) is 22.6 Å². The topological polar surface area (TPSA) is 122 Å². The number of nitrogens with zero attached hydrogens (tertiary/aromatic N) is 3. The number of carbonyl (C=O) groups is 2. The highest BCUT2D eigenvalue weighted by Gasteiger charge is 2.46. The van der Waals surface area contributed by atoms with Crippen LogP contribution >= 0.6 is 0 Å². The average Bonchev–Trinajstić information content (AvgIpc) is 3.20. The van der Waals surface area contributed by atoms with E-state index in [0.717, 1.165) is 4.57 Å². The molecule has 0 saturated heterocycles. The number of Topliss-reactive ketones (excluding diaryl/α,β-unsaturated/α-hetero) is 1. The van der Waals surface area contributed by atoms with E-state index in [1.807, 2.05) is 0 Å². The van der Waals surface area contributed by atoms with Crippen molar-refractivity contribution in [3.05, 3.63) is 103 Å². The van der Waals surface area contributed by atoms with Gasteiger partial charge in [0, 0.05) is 46.8 Å². The number of allylic oxidation sites excluding steroid dienone is 6. The first-order chi connectivity index (χ1) is 18.8. The minimum Gasteiger partial charge on any atom is -0.507 e. The summed E-state index contributed by atoms with van der Waals surface area (Å²) in [5.74, 6) is -1.13. The molecule has 3 aliphatic rings. The van der Waals surface area contributed by atoms with Gasteiger partial charge in [-0.15, -0.1) is 0 Å². The third-order valence-electron chi connectivity index (χ3n) is 7.68. The van der Waals surface area contributed by atoms with E-state index in [4.69, 9.17) is 9.47 Å². The van der Waals surface area contributed by atoms with Gasteiger partial charge in [-0.25, -0.2) is 23.5 Å². The van der Waals surface area contributed by atoms with Crippen LogP contribution in [-0.4, -0.2) is 44.8 Å². The fraction of sp³-hybridized carbons (Fsp3) is 0.241. The van der Waals surface area contributed by atoms with Crippen molar-refractivity contribution in [3.63, 3.8) is 0 Å². The van der Waals surface area contributed by atoms with Crippen LogP contribution in [-0.2, 0) is 16.1 Å². The summed E-state index contributed by atoms with van der Waals surface area (Å²) >= 11 is 0. The highest BCUT2D eigenvalue weighted by atomic mass is 16.5. The lowest BCUT2D eigenvalue weighted by molar-refractivity contribution is -0.116.